The highest BCUT2D eigenvalue weighted by Crippen LogP contribution is 2.14. The molecule has 0 radical (unpaired) electrons. The van der Waals surface area contributed by atoms with Gasteiger partial charge in [0.25, 0.3) is 0 Å². The van der Waals surface area contributed by atoms with E-state index in [0.29, 0.717) is 26.2 Å². The van der Waals surface area contributed by atoms with Gasteiger partial charge >= 0.3 is 5.97 Å². The average molecular weight is 303 g/mol. The summed E-state index contributed by atoms with van der Waals surface area (Å²) in [7, 11) is 0. The molecule has 0 aromatic rings. The number of carboxylic acids is 1. The predicted molar refractivity (Wildman–Crippen MR) is 84.7 cm³/mol. The number of carbonyl (C=O) groups is 1. The Morgan fingerprint density at radius 3 is 2.29 bits per heavy atom. The largest absolute Gasteiger partial charge is 0.480 e. The molecule has 5 nitrogen and oxygen atoms in total. The fourth-order valence-electron chi connectivity index (χ4n) is 1.86. The Hall–Kier alpha value is -0.650. The first-order valence-electron chi connectivity index (χ1n) is 7.91. The second kappa shape index (κ2) is 10.1. The summed E-state index contributed by atoms with van der Waals surface area (Å²) in [6, 6.07) is 0. The Labute approximate surface area is 129 Å². The summed E-state index contributed by atoms with van der Waals surface area (Å²) in [6.45, 7) is 12.4. The van der Waals surface area contributed by atoms with E-state index in [0.717, 1.165) is 25.8 Å². The molecule has 0 aromatic heterocycles. The molecule has 21 heavy (non-hydrogen) atoms. The van der Waals surface area contributed by atoms with Crippen molar-refractivity contribution in [2.45, 2.75) is 71.4 Å². The minimum atomic E-state index is -0.828. The van der Waals surface area contributed by atoms with E-state index < -0.39 is 11.5 Å². The highest BCUT2D eigenvalue weighted by molar-refractivity contribution is 5.78. The minimum absolute atomic E-state index is 0.127. The van der Waals surface area contributed by atoms with E-state index in [4.69, 9.17) is 9.47 Å². The van der Waals surface area contributed by atoms with Gasteiger partial charge in [0.15, 0.2) is 0 Å². The molecule has 0 saturated carbocycles. The molecular formula is C16H33NO4. The normalized spacial score (nSPS) is 14.9. The van der Waals surface area contributed by atoms with Crippen LogP contribution in [-0.4, -0.2) is 48.6 Å². The van der Waals surface area contributed by atoms with Crippen molar-refractivity contribution in [3.8, 4) is 0 Å². The van der Waals surface area contributed by atoms with Gasteiger partial charge in [-0.05, 0) is 59.9 Å². The minimum Gasteiger partial charge on any atom is -0.480 e. The Balaban J connectivity index is 3.70. The summed E-state index contributed by atoms with van der Waals surface area (Å²) in [5, 5.41) is 12.4. The van der Waals surface area contributed by atoms with E-state index in [1.807, 2.05) is 27.7 Å². The molecule has 0 aliphatic carbocycles. The van der Waals surface area contributed by atoms with Crippen LogP contribution < -0.4 is 5.32 Å². The van der Waals surface area contributed by atoms with Gasteiger partial charge in [-0.15, -0.1) is 0 Å². The maximum absolute atomic E-state index is 11.3. The summed E-state index contributed by atoms with van der Waals surface area (Å²) in [5.74, 6) is -0.782. The summed E-state index contributed by atoms with van der Waals surface area (Å²) in [5.41, 5.74) is -0.955. The smallest absolute Gasteiger partial charge is 0.323 e. The fourth-order valence-corrected chi connectivity index (χ4v) is 1.86. The first-order valence-corrected chi connectivity index (χ1v) is 7.91. The summed E-state index contributed by atoms with van der Waals surface area (Å²) >= 11 is 0. The van der Waals surface area contributed by atoms with Crippen LogP contribution in [0, 0.1) is 0 Å². The average Bonchev–Trinajstić information content (AvgIpc) is 2.38. The van der Waals surface area contributed by atoms with E-state index in [9.17, 15) is 9.90 Å². The maximum Gasteiger partial charge on any atom is 0.323 e. The van der Waals surface area contributed by atoms with Crippen LogP contribution in [0.15, 0.2) is 0 Å². The van der Waals surface area contributed by atoms with Crippen LogP contribution in [0.4, 0.5) is 0 Å². The topological polar surface area (TPSA) is 67.8 Å². The van der Waals surface area contributed by atoms with Crippen molar-refractivity contribution in [2.75, 3.05) is 26.4 Å². The van der Waals surface area contributed by atoms with E-state index in [1.54, 1.807) is 6.92 Å². The molecule has 0 spiro atoms. The zero-order valence-corrected chi connectivity index (χ0v) is 14.3. The van der Waals surface area contributed by atoms with Gasteiger partial charge in [-0.3, -0.25) is 4.79 Å². The van der Waals surface area contributed by atoms with Crippen LogP contribution in [-0.2, 0) is 14.3 Å². The Kier molecular flexibility index (Phi) is 9.83. The van der Waals surface area contributed by atoms with Crippen LogP contribution in [0.2, 0.25) is 0 Å². The van der Waals surface area contributed by atoms with Crippen molar-refractivity contribution in [1.82, 2.24) is 5.32 Å². The molecule has 0 fully saturated rings. The molecule has 126 valence electrons. The quantitative estimate of drug-likeness (QED) is 0.543. The van der Waals surface area contributed by atoms with Crippen LogP contribution >= 0.6 is 0 Å². The summed E-state index contributed by atoms with van der Waals surface area (Å²) < 4.78 is 11.0. The molecule has 0 amide bonds. The lowest BCUT2D eigenvalue weighted by molar-refractivity contribution is -0.144. The Morgan fingerprint density at radius 2 is 1.76 bits per heavy atom. The maximum atomic E-state index is 11.3. The molecule has 0 aliphatic rings. The van der Waals surface area contributed by atoms with Crippen LogP contribution in [0.25, 0.3) is 0 Å². The van der Waals surface area contributed by atoms with Crippen molar-refractivity contribution >= 4 is 5.97 Å². The van der Waals surface area contributed by atoms with Crippen LogP contribution in [0.3, 0.4) is 0 Å². The van der Waals surface area contributed by atoms with Gasteiger partial charge in [0.2, 0.25) is 0 Å². The first kappa shape index (κ1) is 20.3. The van der Waals surface area contributed by atoms with Crippen molar-refractivity contribution in [3.05, 3.63) is 0 Å². The Bertz CT molecular complexity index is 288. The number of carboxylic acid groups (broad SMARTS) is 1. The van der Waals surface area contributed by atoms with Crippen molar-refractivity contribution in [1.29, 1.82) is 0 Å². The van der Waals surface area contributed by atoms with E-state index in [2.05, 4.69) is 5.32 Å². The van der Waals surface area contributed by atoms with Crippen LogP contribution in [0.5, 0.6) is 0 Å². The molecule has 1 atom stereocenters. The number of hydrogen-bond acceptors (Lipinski definition) is 4. The number of rotatable bonds is 12. The monoisotopic (exact) mass is 303 g/mol. The van der Waals surface area contributed by atoms with Gasteiger partial charge in [0.05, 0.1) is 18.8 Å². The van der Waals surface area contributed by atoms with E-state index in [1.165, 1.54) is 0 Å². The first-order chi connectivity index (χ1) is 9.71. The van der Waals surface area contributed by atoms with E-state index >= 15 is 0 Å². The standard InChI is InChI=1S/C16H33NO4/c1-6-10-17-16(5,14(18)19)9-7-8-11-20-12-13-21-15(2,3)4/h17H,6-13H2,1-5H3,(H,18,19). The fraction of sp³-hybridized carbons (Fsp3) is 0.938. The molecule has 0 rings (SSSR count). The summed E-state index contributed by atoms with van der Waals surface area (Å²) in [4.78, 5) is 11.3. The van der Waals surface area contributed by atoms with Gasteiger partial charge in [-0.25, -0.2) is 0 Å². The molecular weight excluding hydrogens is 270 g/mol. The second-order valence-electron chi connectivity index (χ2n) is 6.59. The SMILES string of the molecule is CCCNC(C)(CCCCOCCOC(C)(C)C)C(=O)O. The van der Waals surface area contributed by atoms with Crippen LogP contribution in [0.1, 0.15) is 60.3 Å². The second-order valence-corrected chi connectivity index (χ2v) is 6.59. The third kappa shape index (κ3) is 10.7. The molecule has 0 aliphatic heterocycles. The number of aliphatic carboxylic acids is 1. The number of ether oxygens (including phenoxy) is 2. The zero-order chi connectivity index (χ0) is 16.4. The van der Waals surface area contributed by atoms with Crippen molar-refractivity contribution in [3.63, 3.8) is 0 Å². The van der Waals surface area contributed by atoms with Gasteiger partial charge in [-0.2, -0.15) is 0 Å². The molecule has 0 saturated heterocycles. The zero-order valence-electron chi connectivity index (χ0n) is 14.3. The molecule has 0 bridgehead atoms. The molecule has 1 unspecified atom stereocenters. The lowest BCUT2D eigenvalue weighted by Crippen LogP contribution is -2.49. The number of nitrogens with one attached hydrogen (secondary N) is 1. The molecule has 0 heterocycles. The predicted octanol–water partition coefficient (Wildman–Crippen LogP) is 2.83. The van der Waals surface area contributed by atoms with Gasteiger partial charge in [-0.1, -0.05) is 6.92 Å². The van der Waals surface area contributed by atoms with Gasteiger partial charge in [0.1, 0.15) is 5.54 Å². The van der Waals surface area contributed by atoms with E-state index in [-0.39, 0.29) is 5.60 Å². The summed E-state index contributed by atoms with van der Waals surface area (Å²) in [6.07, 6.45) is 3.25. The third-order valence-corrected chi connectivity index (χ3v) is 3.22. The number of unbranched alkanes of at least 4 members (excludes halogenated alkanes) is 1. The lowest BCUT2D eigenvalue weighted by atomic mass is 9.95. The van der Waals surface area contributed by atoms with Gasteiger partial charge in [0, 0.05) is 6.61 Å². The lowest BCUT2D eigenvalue weighted by Gasteiger charge is -2.26. The van der Waals surface area contributed by atoms with Crippen molar-refractivity contribution < 1.29 is 19.4 Å². The molecule has 2 N–H and O–H groups in total. The highest BCUT2D eigenvalue weighted by atomic mass is 16.5. The number of hydrogen-bond donors (Lipinski definition) is 2. The van der Waals surface area contributed by atoms with Gasteiger partial charge < -0.3 is 19.9 Å². The molecule has 5 heteroatoms. The third-order valence-electron chi connectivity index (χ3n) is 3.22. The molecule has 0 aromatic carbocycles. The highest BCUT2D eigenvalue weighted by Gasteiger charge is 2.31. The Morgan fingerprint density at radius 1 is 1.10 bits per heavy atom. The van der Waals surface area contributed by atoms with Crippen molar-refractivity contribution in [2.24, 2.45) is 0 Å².